The molecule has 2 aromatic rings. The molecule has 7 heteroatoms. The summed E-state index contributed by atoms with van der Waals surface area (Å²) in [6.07, 6.45) is 5.40. The van der Waals surface area contributed by atoms with Crippen molar-refractivity contribution in [1.82, 2.24) is 9.80 Å². The van der Waals surface area contributed by atoms with Gasteiger partial charge in [0, 0.05) is 38.3 Å². The number of rotatable bonds is 13. The fourth-order valence-corrected chi connectivity index (χ4v) is 4.72. The molecule has 0 saturated carbocycles. The van der Waals surface area contributed by atoms with Gasteiger partial charge in [-0.3, -0.25) is 9.69 Å². The van der Waals surface area contributed by atoms with Crippen LogP contribution in [0.25, 0.3) is 6.08 Å². The molecule has 0 bridgehead atoms. The van der Waals surface area contributed by atoms with Gasteiger partial charge in [-0.25, -0.2) is 0 Å². The largest absolute Gasteiger partial charge is 0.493 e. The minimum absolute atomic E-state index is 0.0714. The number of carbonyl (C=O) groups is 1. The second-order valence-electron chi connectivity index (χ2n) is 8.98. The Kier molecular flexibility index (Phi) is 10.6. The molecule has 1 atom stereocenters. The number of hydrogen-bond acceptors (Lipinski definition) is 6. The number of likely N-dealkylation sites (tertiary alicyclic amines) is 1. The predicted molar refractivity (Wildman–Crippen MR) is 143 cm³/mol. The van der Waals surface area contributed by atoms with Gasteiger partial charge in [-0.15, -0.1) is 0 Å². The van der Waals surface area contributed by atoms with Crippen LogP contribution < -0.4 is 14.2 Å². The molecule has 0 spiro atoms. The van der Waals surface area contributed by atoms with Crippen LogP contribution in [0.2, 0.25) is 0 Å². The normalized spacial score (nSPS) is 16.1. The lowest BCUT2D eigenvalue weighted by atomic mass is 10.1. The maximum Gasteiger partial charge on any atom is 0.254 e. The molecule has 1 aliphatic heterocycles. The molecule has 1 unspecified atom stereocenters. The van der Waals surface area contributed by atoms with E-state index in [2.05, 4.69) is 30.0 Å². The molecule has 3 rings (SSSR count). The van der Waals surface area contributed by atoms with Crippen LogP contribution in [0.1, 0.15) is 49.0 Å². The van der Waals surface area contributed by atoms with Crippen molar-refractivity contribution in [1.29, 1.82) is 0 Å². The van der Waals surface area contributed by atoms with Gasteiger partial charge in [-0.2, -0.15) is 0 Å². The van der Waals surface area contributed by atoms with Crippen LogP contribution in [0.4, 0.5) is 0 Å². The fraction of sp³-hybridized carbons (Fsp3) is 0.483. The summed E-state index contributed by atoms with van der Waals surface area (Å²) in [6.45, 7) is 7.91. The zero-order chi connectivity index (χ0) is 25.9. The van der Waals surface area contributed by atoms with E-state index in [9.17, 15) is 4.79 Å². The van der Waals surface area contributed by atoms with Gasteiger partial charge in [-0.05, 0) is 50.8 Å². The van der Waals surface area contributed by atoms with E-state index in [-0.39, 0.29) is 12.1 Å². The van der Waals surface area contributed by atoms with E-state index in [1.54, 1.807) is 33.5 Å². The molecular weight excluding hydrogens is 456 g/mol. The molecular formula is C29H40N2O5. The van der Waals surface area contributed by atoms with Crippen molar-refractivity contribution < 1.29 is 23.7 Å². The van der Waals surface area contributed by atoms with Gasteiger partial charge in [0.15, 0.2) is 11.5 Å². The third-order valence-corrected chi connectivity index (χ3v) is 6.39. The highest BCUT2D eigenvalue weighted by atomic mass is 16.5. The minimum Gasteiger partial charge on any atom is -0.493 e. The van der Waals surface area contributed by atoms with Crippen molar-refractivity contribution in [2.45, 2.75) is 39.3 Å². The van der Waals surface area contributed by atoms with Crippen LogP contribution in [-0.4, -0.2) is 76.1 Å². The van der Waals surface area contributed by atoms with Crippen molar-refractivity contribution in [2.24, 2.45) is 0 Å². The van der Waals surface area contributed by atoms with Gasteiger partial charge < -0.3 is 23.8 Å². The number of benzene rings is 2. The van der Waals surface area contributed by atoms with E-state index in [1.165, 1.54) is 0 Å². The summed E-state index contributed by atoms with van der Waals surface area (Å²) in [5.74, 6) is 1.33. The number of ether oxygens (including phenoxy) is 4. The van der Waals surface area contributed by atoms with Crippen molar-refractivity contribution in [2.75, 3.05) is 54.1 Å². The van der Waals surface area contributed by atoms with Crippen molar-refractivity contribution >= 4 is 12.0 Å². The van der Waals surface area contributed by atoms with Crippen molar-refractivity contribution in [3.8, 4) is 17.2 Å². The summed E-state index contributed by atoms with van der Waals surface area (Å²) in [5.41, 5.74) is 2.73. The molecule has 1 fully saturated rings. The van der Waals surface area contributed by atoms with E-state index < -0.39 is 0 Å². The molecule has 7 nitrogen and oxygen atoms in total. The molecule has 1 aliphatic rings. The quantitative estimate of drug-likeness (QED) is 0.384. The number of nitrogens with zero attached hydrogens (tertiary/aromatic N) is 2. The van der Waals surface area contributed by atoms with Gasteiger partial charge >= 0.3 is 0 Å². The van der Waals surface area contributed by atoms with Gasteiger partial charge in [-0.1, -0.05) is 42.0 Å². The van der Waals surface area contributed by atoms with Crippen LogP contribution in [0, 0.1) is 0 Å². The zero-order valence-corrected chi connectivity index (χ0v) is 22.3. The first kappa shape index (κ1) is 27.6. The fourth-order valence-electron chi connectivity index (χ4n) is 4.72. The predicted octanol–water partition coefficient (Wildman–Crippen LogP) is 5.11. The van der Waals surface area contributed by atoms with Crippen LogP contribution in [-0.2, 0) is 4.74 Å². The molecule has 0 aliphatic carbocycles. The Morgan fingerprint density at radius 1 is 1.08 bits per heavy atom. The second kappa shape index (κ2) is 13.9. The van der Waals surface area contributed by atoms with Gasteiger partial charge in [0.05, 0.1) is 21.3 Å². The highest BCUT2D eigenvalue weighted by Crippen LogP contribution is 2.38. The first-order valence-corrected chi connectivity index (χ1v) is 12.7. The first-order valence-electron chi connectivity index (χ1n) is 12.7. The number of amides is 1. The molecule has 1 heterocycles. The number of hydrogen-bond donors (Lipinski definition) is 0. The third kappa shape index (κ3) is 7.24. The van der Waals surface area contributed by atoms with Crippen LogP contribution in [0.3, 0.4) is 0 Å². The summed E-state index contributed by atoms with van der Waals surface area (Å²) in [7, 11) is 4.67. The van der Waals surface area contributed by atoms with Crippen molar-refractivity contribution in [3.63, 3.8) is 0 Å². The lowest BCUT2D eigenvalue weighted by molar-refractivity contribution is -0.0301. The Hall–Kier alpha value is -3.03. The molecule has 0 radical (unpaired) electrons. The summed E-state index contributed by atoms with van der Waals surface area (Å²) in [6, 6.07) is 13.6. The zero-order valence-electron chi connectivity index (χ0n) is 22.3. The highest BCUT2D eigenvalue weighted by molar-refractivity contribution is 5.96. The van der Waals surface area contributed by atoms with E-state index in [0.29, 0.717) is 35.9 Å². The lowest BCUT2D eigenvalue weighted by Crippen LogP contribution is -2.37. The summed E-state index contributed by atoms with van der Waals surface area (Å²) in [5, 5.41) is 0. The monoisotopic (exact) mass is 496 g/mol. The van der Waals surface area contributed by atoms with Gasteiger partial charge in [0.25, 0.3) is 5.91 Å². The lowest BCUT2D eigenvalue weighted by Gasteiger charge is -2.27. The van der Waals surface area contributed by atoms with Crippen LogP contribution in [0.15, 0.2) is 48.0 Å². The molecule has 196 valence electrons. The summed E-state index contributed by atoms with van der Waals surface area (Å²) in [4.78, 5) is 18.1. The molecule has 0 N–H and O–H groups in total. The van der Waals surface area contributed by atoms with Gasteiger partial charge in [0.2, 0.25) is 5.75 Å². The molecule has 36 heavy (non-hydrogen) atoms. The Morgan fingerprint density at radius 3 is 2.39 bits per heavy atom. The van der Waals surface area contributed by atoms with Crippen LogP contribution >= 0.6 is 0 Å². The Bertz CT molecular complexity index is 983. The van der Waals surface area contributed by atoms with Crippen molar-refractivity contribution in [3.05, 3.63) is 59.2 Å². The summed E-state index contributed by atoms with van der Waals surface area (Å²) >= 11 is 0. The highest BCUT2D eigenvalue weighted by Gasteiger charge is 2.25. The molecule has 1 saturated heterocycles. The number of methoxy groups -OCH3 is 3. The standard InChI is InChI=1S/C29H40N2O5/c1-6-36-27-14-10-15-30(27)16-11-17-31(21-22(2)18-23-12-8-7-9-13-23)29(32)24-19-25(33-3)28(35-5)26(20-24)34-4/h7-9,12-13,18-20,27H,6,10-11,14-17,21H2,1-5H3. The Balaban J connectivity index is 1.81. The Labute approximate surface area is 215 Å². The smallest absolute Gasteiger partial charge is 0.254 e. The average Bonchev–Trinajstić information content (AvgIpc) is 3.34. The SMILES string of the molecule is CCOC1CCCN1CCCN(CC(C)=Cc1ccccc1)C(=O)c1cc(OC)c(OC)c(OC)c1. The maximum atomic E-state index is 13.8. The van der Waals surface area contributed by atoms with E-state index in [0.717, 1.165) is 50.1 Å². The maximum absolute atomic E-state index is 13.8. The van der Waals surface area contributed by atoms with E-state index in [1.807, 2.05) is 30.0 Å². The van der Waals surface area contributed by atoms with Crippen LogP contribution in [0.5, 0.6) is 17.2 Å². The second-order valence-corrected chi connectivity index (χ2v) is 8.98. The van der Waals surface area contributed by atoms with Gasteiger partial charge in [0.1, 0.15) is 6.23 Å². The third-order valence-electron chi connectivity index (χ3n) is 6.39. The molecule has 2 aromatic carbocycles. The Morgan fingerprint density at radius 2 is 1.78 bits per heavy atom. The average molecular weight is 497 g/mol. The van der Waals surface area contributed by atoms with E-state index >= 15 is 0 Å². The minimum atomic E-state index is -0.0714. The number of carbonyl (C=O) groups excluding carboxylic acids is 1. The summed E-state index contributed by atoms with van der Waals surface area (Å²) < 4.78 is 22.3. The topological polar surface area (TPSA) is 60.5 Å². The molecule has 1 amide bonds. The molecule has 0 aromatic heterocycles. The van der Waals surface area contributed by atoms with E-state index in [4.69, 9.17) is 18.9 Å². The first-order chi connectivity index (χ1) is 17.5.